The first-order valence-corrected chi connectivity index (χ1v) is 19.8. The van der Waals surface area contributed by atoms with Gasteiger partial charge in [-0.05, 0) is 115 Å². The molecule has 1 aromatic heterocycles. The molecule has 0 saturated carbocycles. The molecule has 0 aliphatic rings. The van der Waals surface area contributed by atoms with Crippen molar-refractivity contribution in [3.8, 4) is 44.5 Å². The van der Waals surface area contributed by atoms with Gasteiger partial charge in [0.15, 0.2) is 0 Å². The van der Waals surface area contributed by atoms with Gasteiger partial charge < -0.3 is 9.32 Å². The highest BCUT2D eigenvalue weighted by Crippen LogP contribution is 2.43. The second-order valence-electron chi connectivity index (χ2n) is 14.9. The minimum atomic E-state index is 0.878. The summed E-state index contributed by atoms with van der Waals surface area (Å²) in [6.45, 7) is 0. The molecule has 0 bridgehead atoms. The van der Waals surface area contributed by atoms with Crippen LogP contribution in [0.4, 0.5) is 17.1 Å². The average molecular weight is 740 g/mol. The van der Waals surface area contributed by atoms with Crippen LogP contribution in [0.15, 0.2) is 229 Å². The molecule has 58 heavy (non-hydrogen) atoms. The first-order chi connectivity index (χ1) is 28.8. The van der Waals surface area contributed by atoms with E-state index in [-0.39, 0.29) is 0 Å². The van der Waals surface area contributed by atoms with E-state index in [1.54, 1.807) is 0 Å². The van der Waals surface area contributed by atoms with Crippen LogP contribution in [0, 0.1) is 0 Å². The number of furan rings is 1. The molecule has 272 valence electrons. The maximum Gasteiger partial charge on any atom is 0.135 e. The molecule has 0 spiro atoms. The van der Waals surface area contributed by atoms with Gasteiger partial charge in [0, 0.05) is 27.8 Å². The Morgan fingerprint density at radius 3 is 1.64 bits per heavy atom. The van der Waals surface area contributed by atoms with Gasteiger partial charge in [-0.1, -0.05) is 176 Å². The molecular formula is C56H37NO. The summed E-state index contributed by atoms with van der Waals surface area (Å²) in [5.74, 6) is 0. The third-order valence-electron chi connectivity index (χ3n) is 11.5. The van der Waals surface area contributed by atoms with Crippen molar-refractivity contribution < 1.29 is 4.42 Å². The van der Waals surface area contributed by atoms with E-state index in [9.17, 15) is 0 Å². The zero-order valence-electron chi connectivity index (χ0n) is 31.7. The highest BCUT2D eigenvalue weighted by molar-refractivity contribution is 6.11. The summed E-state index contributed by atoms with van der Waals surface area (Å²) in [5, 5.41) is 7.19. The van der Waals surface area contributed by atoms with Crippen molar-refractivity contribution in [1.29, 1.82) is 0 Å². The van der Waals surface area contributed by atoms with E-state index in [1.807, 2.05) is 12.1 Å². The van der Waals surface area contributed by atoms with Gasteiger partial charge in [-0.3, -0.25) is 0 Å². The number of para-hydroxylation sites is 1. The van der Waals surface area contributed by atoms with Crippen LogP contribution in [0.25, 0.3) is 88.0 Å². The molecule has 0 radical (unpaired) electrons. The van der Waals surface area contributed by atoms with Gasteiger partial charge in [0.2, 0.25) is 0 Å². The molecule has 0 unspecified atom stereocenters. The minimum absolute atomic E-state index is 0.878. The summed E-state index contributed by atoms with van der Waals surface area (Å²) in [6.07, 6.45) is 0. The normalized spacial score (nSPS) is 11.4. The summed E-state index contributed by atoms with van der Waals surface area (Å²) in [4.78, 5) is 2.37. The Kier molecular flexibility index (Phi) is 8.19. The molecule has 0 atom stereocenters. The van der Waals surface area contributed by atoms with Crippen LogP contribution in [0.2, 0.25) is 0 Å². The van der Waals surface area contributed by atoms with Crippen LogP contribution >= 0.6 is 0 Å². The Morgan fingerprint density at radius 1 is 0.276 bits per heavy atom. The molecule has 0 amide bonds. The lowest BCUT2D eigenvalue weighted by Gasteiger charge is -2.26. The SMILES string of the molecule is c1ccc(-c2ccccc2-c2cccc(N(c3ccc(-c4cccc5cccc(-c6cccc7ccccc67)c45)cc3)c3ccc4oc5ccccc5c4c3)c2)cc1. The Morgan fingerprint density at radius 2 is 0.810 bits per heavy atom. The van der Waals surface area contributed by atoms with Crippen LogP contribution < -0.4 is 4.90 Å². The highest BCUT2D eigenvalue weighted by Gasteiger charge is 2.18. The Hall–Kier alpha value is -7.68. The number of benzene rings is 10. The number of hydrogen-bond acceptors (Lipinski definition) is 2. The molecule has 11 aromatic rings. The lowest BCUT2D eigenvalue weighted by molar-refractivity contribution is 0.669. The summed E-state index contributed by atoms with van der Waals surface area (Å²) >= 11 is 0. The molecule has 10 aromatic carbocycles. The van der Waals surface area contributed by atoms with Crippen LogP contribution in [0.1, 0.15) is 0 Å². The van der Waals surface area contributed by atoms with Gasteiger partial charge >= 0.3 is 0 Å². The third kappa shape index (κ3) is 5.82. The lowest BCUT2D eigenvalue weighted by Crippen LogP contribution is -2.10. The molecule has 0 aliphatic heterocycles. The molecule has 2 nitrogen and oxygen atoms in total. The van der Waals surface area contributed by atoms with Crippen LogP contribution in [0.5, 0.6) is 0 Å². The molecule has 0 aliphatic carbocycles. The van der Waals surface area contributed by atoms with Gasteiger partial charge in [0.1, 0.15) is 11.2 Å². The van der Waals surface area contributed by atoms with E-state index in [0.29, 0.717) is 0 Å². The molecule has 0 N–H and O–H groups in total. The molecular weight excluding hydrogens is 703 g/mol. The Labute approximate surface area is 337 Å². The highest BCUT2D eigenvalue weighted by atomic mass is 16.3. The number of hydrogen-bond donors (Lipinski definition) is 0. The summed E-state index contributed by atoms with van der Waals surface area (Å²) < 4.78 is 6.28. The largest absolute Gasteiger partial charge is 0.456 e. The van der Waals surface area contributed by atoms with Gasteiger partial charge in [0.05, 0.1) is 0 Å². The molecule has 11 rings (SSSR count). The second kappa shape index (κ2) is 14.1. The van der Waals surface area contributed by atoms with Crippen molar-refractivity contribution in [2.75, 3.05) is 4.90 Å². The van der Waals surface area contributed by atoms with E-state index in [1.165, 1.54) is 60.5 Å². The number of nitrogens with zero attached hydrogens (tertiary/aromatic N) is 1. The van der Waals surface area contributed by atoms with Gasteiger partial charge in [-0.15, -0.1) is 0 Å². The predicted octanol–water partition coefficient (Wildman–Crippen LogP) is 16.0. The topological polar surface area (TPSA) is 16.4 Å². The summed E-state index contributed by atoms with van der Waals surface area (Å²) in [6, 6.07) is 80.7. The van der Waals surface area contributed by atoms with E-state index in [0.717, 1.165) is 44.6 Å². The molecule has 0 fully saturated rings. The van der Waals surface area contributed by atoms with Crippen molar-refractivity contribution >= 4 is 60.5 Å². The third-order valence-corrected chi connectivity index (χ3v) is 11.5. The fraction of sp³-hybridized carbons (Fsp3) is 0. The van der Waals surface area contributed by atoms with Crippen molar-refractivity contribution in [1.82, 2.24) is 0 Å². The molecule has 0 saturated heterocycles. The number of fused-ring (bicyclic) bond motifs is 5. The number of rotatable bonds is 7. The lowest BCUT2D eigenvalue weighted by atomic mass is 9.89. The number of anilines is 3. The smallest absolute Gasteiger partial charge is 0.135 e. The zero-order valence-corrected chi connectivity index (χ0v) is 31.7. The van der Waals surface area contributed by atoms with Gasteiger partial charge in [0.25, 0.3) is 0 Å². The van der Waals surface area contributed by atoms with E-state index >= 15 is 0 Å². The quantitative estimate of drug-likeness (QED) is 0.162. The zero-order chi connectivity index (χ0) is 38.4. The Balaban J connectivity index is 1.07. The molecule has 2 heteroatoms. The van der Waals surface area contributed by atoms with Crippen molar-refractivity contribution in [2.45, 2.75) is 0 Å². The van der Waals surface area contributed by atoms with E-state index in [2.05, 4.69) is 217 Å². The van der Waals surface area contributed by atoms with Crippen molar-refractivity contribution in [3.63, 3.8) is 0 Å². The van der Waals surface area contributed by atoms with Crippen LogP contribution in [-0.4, -0.2) is 0 Å². The summed E-state index contributed by atoms with van der Waals surface area (Å²) in [5.41, 5.74) is 14.6. The van der Waals surface area contributed by atoms with Gasteiger partial charge in [-0.2, -0.15) is 0 Å². The first-order valence-electron chi connectivity index (χ1n) is 19.8. The predicted molar refractivity (Wildman–Crippen MR) is 245 cm³/mol. The summed E-state index contributed by atoms with van der Waals surface area (Å²) in [7, 11) is 0. The molecule has 1 heterocycles. The van der Waals surface area contributed by atoms with Crippen molar-refractivity contribution in [2.24, 2.45) is 0 Å². The van der Waals surface area contributed by atoms with Crippen LogP contribution in [0.3, 0.4) is 0 Å². The van der Waals surface area contributed by atoms with E-state index in [4.69, 9.17) is 4.42 Å². The first kappa shape index (κ1) is 33.6. The standard InChI is InChI=1S/C56H37NO/c1-2-14-38(15-3-1)46-22-6-7-24-48(46)42-20-10-21-44(36-42)57(45-34-35-55-53(37-45)51-25-8-9-29-54(51)58-55)43-32-30-40(31-33-43)49-26-12-18-41-19-13-28-52(56(41)49)50-27-11-17-39-16-4-5-23-47(39)50/h1-37H. The van der Waals surface area contributed by atoms with Crippen LogP contribution in [-0.2, 0) is 0 Å². The Bertz CT molecular complexity index is 3270. The fourth-order valence-electron chi connectivity index (χ4n) is 8.77. The monoisotopic (exact) mass is 739 g/mol. The minimum Gasteiger partial charge on any atom is -0.456 e. The van der Waals surface area contributed by atoms with Crippen molar-refractivity contribution in [3.05, 3.63) is 224 Å². The second-order valence-corrected chi connectivity index (χ2v) is 14.9. The van der Waals surface area contributed by atoms with E-state index < -0.39 is 0 Å². The maximum atomic E-state index is 6.28. The fourth-order valence-corrected chi connectivity index (χ4v) is 8.77. The average Bonchev–Trinajstić information content (AvgIpc) is 3.67. The maximum absolute atomic E-state index is 6.28. The van der Waals surface area contributed by atoms with Gasteiger partial charge in [-0.25, -0.2) is 0 Å².